The molecule has 0 aliphatic heterocycles. The number of nitrogens with zero attached hydrogens (tertiary/aromatic N) is 2. The van der Waals surface area contributed by atoms with E-state index in [4.69, 9.17) is 16.3 Å². The molecular weight excluding hydrogens is 410 g/mol. The number of rotatable bonds is 4. The summed E-state index contributed by atoms with van der Waals surface area (Å²) in [6, 6.07) is 20.7. The molecule has 0 spiro atoms. The van der Waals surface area contributed by atoms with Crippen LogP contribution in [0.2, 0.25) is 5.02 Å². The normalized spacial score (nSPS) is 21.3. The second kappa shape index (κ2) is 7.98. The minimum Gasteiger partial charge on any atom is -0.461 e. The number of nitrogens with one attached hydrogen (secondary N) is 1. The zero-order valence-electron chi connectivity index (χ0n) is 17.3. The number of pyridine rings is 1. The third-order valence-corrected chi connectivity index (χ3v) is 6.15. The van der Waals surface area contributed by atoms with E-state index >= 15 is 0 Å². The molecule has 1 saturated carbocycles. The van der Waals surface area contributed by atoms with Gasteiger partial charge in [0, 0.05) is 12.0 Å². The van der Waals surface area contributed by atoms with E-state index in [1.807, 2.05) is 43.3 Å². The Labute approximate surface area is 186 Å². The SMILES string of the molecule is C[C@@]1(O)CCC[C@@H](Oc2nc3nc(-c4ccc(-c5ccccc5)cc4)c(Cl)cc3[nH]2)C1. The molecule has 2 aromatic carbocycles. The zero-order chi connectivity index (χ0) is 21.4. The smallest absolute Gasteiger partial charge is 0.296 e. The molecule has 0 radical (unpaired) electrons. The number of aliphatic hydroxyl groups is 1. The second-order valence-corrected chi connectivity index (χ2v) is 8.92. The van der Waals surface area contributed by atoms with Crippen molar-refractivity contribution in [1.29, 1.82) is 0 Å². The standard InChI is InChI=1S/C25H24ClN3O2/c1-25(30)13-5-8-19(15-25)31-24-27-21-14-20(26)22(28-23(21)29-24)18-11-9-17(10-12-18)16-6-3-2-4-7-16/h2-4,6-7,9-12,14,19,30H,5,8,13,15H2,1H3,(H,27,28,29)/t19-,25-/m1/s1. The van der Waals surface area contributed by atoms with Crippen molar-refractivity contribution >= 4 is 22.8 Å². The molecule has 5 nitrogen and oxygen atoms in total. The Kier molecular flexibility index (Phi) is 5.16. The highest BCUT2D eigenvalue weighted by Gasteiger charge is 2.31. The van der Waals surface area contributed by atoms with Gasteiger partial charge in [0.25, 0.3) is 6.01 Å². The van der Waals surface area contributed by atoms with Crippen LogP contribution in [0.25, 0.3) is 33.5 Å². The van der Waals surface area contributed by atoms with E-state index in [0.29, 0.717) is 28.8 Å². The van der Waals surface area contributed by atoms with Gasteiger partial charge in [0.05, 0.1) is 21.8 Å². The summed E-state index contributed by atoms with van der Waals surface area (Å²) in [5.74, 6) is 0. The summed E-state index contributed by atoms with van der Waals surface area (Å²) < 4.78 is 6.02. The highest BCUT2D eigenvalue weighted by Crippen LogP contribution is 2.33. The predicted molar refractivity (Wildman–Crippen MR) is 123 cm³/mol. The van der Waals surface area contributed by atoms with Crippen molar-refractivity contribution in [3.63, 3.8) is 0 Å². The van der Waals surface area contributed by atoms with Gasteiger partial charge < -0.3 is 14.8 Å². The predicted octanol–water partition coefficient (Wildman–Crippen LogP) is 6.02. The molecule has 0 saturated heterocycles. The van der Waals surface area contributed by atoms with Crippen LogP contribution < -0.4 is 4.74 Å². The maximum atomic E-state index is 10.3. The molecule has 5 rings (SSSR count). The van der Waals surface area contributed by atoms with Crippen LogP contribution in [0.5, 0.6) is 6.01 Å². The van der Waals surface area contributed by atoms with E-state index in [9.17, 15) is 5.11 Å². The number of aromatic amines is 1. The number of fused-ring (bicyclic) bond motifs is 1. The molecule has 1 aliphatic rings. The fraction of sp³-hybridized carbons (Fsp3) is 0.280. The maximum absolute atomic E-state index is 10.3. The number of ether oxygens (including phenoxy) is 1. The Bertz CT molecular complexity index is 1200. The van der Waals surface area contributed by atoms with Gasteiger partial charge >= 0.3 is 0 Å². The van der Waals surface area contributed by atoms with E-state index in [2.05, 4.69) is 39.2 Å². The van der Waals surface area contributed by atoms with Gasteiger partial charge in [0.1, 0.15) is 6.10 Å². The molecule has 6 heteroatoms. The Hall–Kier alpha value is -2.89. The monoisotopic (exact) mass is 433 g/mol. The molecule has 158 valence electrons. The minimum absolute atomic E-state index is 0.0650. The van der Waals surface area contributed by atoms with Crippen molar-refractivity contribution in [3.8, 4) is 28.4 Å². The molecule has 31 heavy (non-hydrogen) atoms. The lowest BCUT2D eigenvalue weighted by atomic mass is 9.85. The topological polar surface area (TPSA) is 71.0 Å². The van der Waals surface area contributed by atoms with Gasteiger partial charge in [-0.3, -0.25) is 0 Å². The molecule has 0 amide bonds. The fourth-order valence-corrected chi connectivity index (χ4v) is 4.53. The summed E-state index contributed by atoms with van der Waals surface area (Å²) in [5, 5.41) is 10.9. The summed E-state index contributed by atoms with van der Waals surface area (Å²) in [4.78, 5) is 12.4. The summed E-state index contributed by atoms with van der Waals surface area (Å²) in [6.45, 7) is 1.86. The van der Waals surface area contributed by atoms with Crippen molar-refractivity contribution in [3.05, 3.63) is 65.7 Å². The van der Waals surface area contributed by atoms with Crippen molar-refractivity contribution < 1.29 is 9.84 Å². The van der Waals surface area contributed by atoms with Crippen molar-refractivity contribution in [2.45, 2.75) is 44.3 Å². The Balaban J connectivity index is 1.40. The zero-order valence-corrected chi connectivity index (χ0v) is 18.1. The third-order valence-electron chi connectivity index (χ3n) is 5.86. The number of aromatic nitrogens is 3. The van der Waals surface area contributed by atoms with Crippen molar-refractivity contribution in [1.82, 2.24) is 15.0 Å². The van der Waals surface area contributed by atoms with Gasteiger partial charge in [-0.15, -0.1) is 0 Å². The maximum Gasteiger partial charge on any atom is 0.296 e. The number of benzene rings is 2. The van der Waals surface area contributed by atoms with Gasteiger partial charge in [0.2, 0.25) is 0 Å². The van der Waals surface area contributed by atoms with E-state index in [0.717, 1.165) is 35.9 Å². The number of H-pyrrole nitrogens is 1. The van der Waals surface area contributed by atoms with Crippen LogP contribution in [0, 0.1) is 0 Å². The minimum atomic E-state index is -0.685. The van der Waals surface area contributed by atoms with Gasteiger partial charge in [-0.25, -0.2) is 4.98 Å². The average Bonchev–Trinajstić information content (AvgIpc) is 3.14. The first-order valence-electron chi connectivity index (χ1n) is 10.6. The fourth-order valence-electron chi connectivity index (χ4n) is 4.27. The van der Waals surface area contributed by atoms with Crippen LogP contribution in [0.3, 0.4) is 0 Å². The summed E-state index contributed by atoms with van der Waals surface area (Å²) in [7, 11) is 0. The molecular formula is C25H24ClN3O2. The second-order valence-electron chi connectivity index (χ2n) is 8.51. The quantitative estimate of drug-likeness (QED) is 0.413. The van der Waals surface area contributed by atoms with E-state index in [-0.39, 0.29) is 6.10 Å². The summed E-state index contributed by atoms with van der Waals surface area (Å²) in [5.41, 5.74) is 4.53. The Morgan fingerprint density at radius 2 is 1.74 bits per heavy atom. The third kappa shape index (κ3) is 4.29. The molecule has 1 aliphatic carbocycles. The largest absolute Gasteiger partial charge is 0.461 e. The Morgan fingerprint density at radius 1 is 1.03 bits per heavy atom. The first-order valence-corrected chi connectivity index (χ1v) is 11.0. The molecule has 2 N–H and O–H groups in total. The Morgan fingerprint density at radius 3 is 2.48 bits per heavy atom. The van der Waals surface area contributed by atoms with Gasteiger partial charge in [0.15, 0.2) is 5.65 Å². The number of hydrogen-bond acceptors (Lipinski definition) is 4. The highest BCUT2D eigenvalue weighted by molar-refractivity contribution is 6.33. The molecule has 0 unspecified atom stereocenters. The van der Waals surface area contributed by atoms with E-state index in [1.54, 1.807) is 0 Å². The lowest BCUT2D eigenvalue weighted by Gasteiger charge is -2.33. The molecule has 0 bridgehead atoms. The molecule has 2 atom stereocenters. The van der Waals surface area contributed by atoms with E-state index in [1.165, 1.54) is 5.56 Å². The van der Waals surface area contributed by atoms with Crippen LogP contribution in [-0.4, -0.2) is 31.8 Å². The van der Waals surface area contributed by atoms with Gasteiger partial charge in [-0.1, -0.05) is 66.2 Å². The van der Waals surface area contributed by atoms with Gasteiger partial charge in [-0.05, 0) is 43.4 Å². The van der Waals surface area contributed by atoms with Crippen molar-refractivity contribution in [2.75, 3.05) is 0 Å². The first-order chi connectivity index (χ1) is 15.0. The number of imidazole rings is 1. The molecule has 1 fully saturated rings. The van der Waals surface area contributed by atoms with Gasteiger partial charge in [-0.2, -0.15) is 4.98 Å². The van der Waals surface area contributed by atoms with E-state index < -0.39 is 5.60 Å². The number of halogens is 1. The molecule has 2 heterocycles. The summed E-state index contributed by atoms with van der Waals surface area (Å²) >= 11 is 6.55. The first kappa shape index (κ1) is 20.0. The number of hydrogen-bond donors (Lipinski definition) is 2. The molecule has 4 aromatic rings. The lowest BCUT2D eigenvalue weighted by molar-refractivity contribution is -0.0252. The van der Waals surface area contributed by atoms with Crippen LogP contribution in [0.15, 0.2) is 60.7 Å². The average molecular weight is 434 g/mol. The van der Waals surface area contributed by atoms with Crippen LogP contribution in [0.1, 0.15) is 32.6 Å². The van der Waals surface area contributed by atoms with Crippen LogP contribution in [-0.2, 0) is 0 Å². The van der Waals surface area contributed by atoms with Crippen LogP contribution >= 0.6 is 11.6 Å². The summed E-state index contributed by atoms with van der Waals surface area (Å²) in [6.07, 6.45) is 3.17. The highest BCUT2D eigenvalue weighted by atomic mass is 35.5. The van der Waals surface area contributed by atoms with Crippen LogP contribution in [0.4, 0.5) is 0 Å². The lowest BCUT2D eigenvalue weighted by Crippen LogP contribution is -2.37. The van der Waals surface area contributed by atoms with Crippen molar-refractivity contribution in [2.24, 2.45) is 0 Å². The molecule has 2 aromatic heterocycles.